The number of aryl methyl sites for hydroxylation is 1. The van der Waals surface area contributed by atoms with Crippen LogP contribution in [0.15, 0.2) is 35.5 Å². The minimum Gasteiger partial charge on any atom is -0.444 e. The summed E-state index contributed by atoms with van der Waals surface area (Å²) in [5.41, 5.74) is 0.817. The van der Waals surface area contributed by atoms with E-state index in [-0.39, 0.29) is 28.9 Å². The second-order valence-corrected chi connectivity index (χ2v) is 12.7. The van der Waals surface area contributed by atoms with Crippen molar-refractivity contribution in [2.45, 2.75) is 57.3 Å². The van der Waals surface area contributed by atoms with Gasteiger partial charge in [-0.15, -0.1) is 6.42 Å². The largest absolute Gasteiger partial charge is 0.444 e. The van der Waals surface area contributed by atoms with Gasteiger partial charge in [0.15, 0.2) is 11.0 Å². The van der Waals surface area contributed by atoms with E-state index in [1.807, 2.05) is 33.8 Å². The van der Waals surface area contributed by atoms with Crippen molar-refractivity contribution in [3.63, 3.8) is 0 Å². The minimum atomic E-state index is -0.597. The predicted molar refractivity (Wildman–Crippen MR) is 162 cm³/mol. The molecule has 7 nitrogen and oxygen atoms in total. The van der Waals surface area contributed by atoms with Gasteiger partial charge in [-0.3, -0.25) is 0 Å². The monoisotopic (exact) mass is 587 g/mol. The Bertz CT molecular complexity index is 1780. The van der Waals surface area contributed by atoms with Gasteiger partial charge in [0.05, 0.1) is 16.6 Å². The van der Waals surface area contributed by atoms with Crippen LogP contribution in [0.4, 0.5) is 19.4 Å². The van der Waals surface area contributed by atoms with Crippen molar-refractivity contribution >= 4 is 45.3 Å². The Labute approximate surface area is 247 Å². The van der Waals surface area contributed by atoms with E-state index in [9.17, 15) is 9.18 Å². The van der Waals surface area contributed by atoms with Crippen molar-refractivity contribution in [1.29, 1.82) is 0 Å². The predicted octanol–water partition coefficient (Wildman–Crippen LogP) is 6.59. The molecule has 0 aliphatic carbocycles. The molecule has 42 heavy (non-hydrogen) atoms. The summed E-state index contributed by atoms with van der Waals surface area (Å²) in [6.45, 7) is 8.96. The number of carbonyl (C=O) groups is 1. The molecule has 4 aromatic rings. The number of rotatable bonds is 3. The number of fused-ring (bicyclic) bond motifs is 3. The first kappa shape index (κ1) is 28.2. The molecule has 4 heterocycles. The van der Waals surface area contributed by atoms with Crippen LogP contribution >= 0.6 is 11.8 Å². The summed E-state index contributed by atoms with van der Waals surface area (Å²) >= 11 is 1.43. The molecular weight excluding hydrogens is 556 g/mol. The number of hydrogen-bond acceptors (Lipinski definition) is 7. The molecule has 6 rings (SSSR count). The Morgan fingerprint density at radius 3 is 2.69 bits per heavy atom. The lowest BCUT2D eigenvalue weighted by molar-refractivity contribution is 0.0212. The number of anilines is 1. The molecule has 216 valence electrons. The van der Waals surface area contributed by atoms with Gasteiger partial charge in [-0.1, -0.05) is 48.9 Å². The first-order valence-corrected chi connectivity index (χ1v) is 15.0. The summed E-state index contributed by atoms with van der Waals surface area (Å²) in [5.74, 6) is 2.64. The third-order valence-electron chi connectivity index (χ3n) is 7.61. The van der Waals surface area contributed by atoms with E-state index >= 15 is 4.39 Å². The number of amides is 1. The first-order valence-electron chi connectivity index (χ1n) is 14.0. The molecule has 2 aliphatic heterocycles. The van der Waals surface area contributed by atoms with E-state index in [1.54, 1.807) is 23.1 Å². The molecule has 2 aliphatic rings. The highest BCUT2D eigenvalue weighted by Crippen LogP contribution is 2.41. The standard InChI is InChI=1S/C32H31F2N5O2S/c1-6-20-22(33)13-11-18-9-8-10-21(24(18)20)27-26(34)28-25-23(35-27)14-12-19-17-38(31(40)41-32(3,4)5)15-16-39(19)29(25)37-30(36-28)42-7-2/h1,8-11,13,19H,7,12,14-17H2,2-5H3. The van der Waals surface area contributed by atoms with Crippen molar-refractivity contribution in [1.82, 2.24) is 19.9 Å². The quantitative estimate of drug-likeness (QED) is 0.152. The minimum absolute atomic E-state index is 0.0655. The van der Waals surface area contributed by atoms with Crippen molar-refractivity contribution < 1.29 is 18.3 Å². The SMILES string of the molecule is C#Cc1c(F)ccc2cccc(-c3nc4c5c(nc(SCC)nc5c3F)N3CCN(C(=O)OC(C)(C)C)CC3CC4)c12. The summed E-state index contributed by atoms with van der Waals surface area (Å²) in [5, 5.41) is 2.17. The number of hydrogen-bond donors (Lipinski definition) is 0. The molecule has 10 heteroatoms. The third-order valence-corrected chi connectivity index (χ3v) is 8.34. The van der Waals surface area contributed by atoms with Crippen LogP contribution in [0.1, 0.15) is 45.4 Å². The summed E-state index contributed by atoms with van der Waals surface area (Å²) in [6.07, 6.45) is 6.55. The lowest BCUT2D eigenvalue weighted by Crippen LogP contribution is -2.55. The fourth-order valence-electron chi connectivity index (χ4n) is 5.84. The van der Waals surface area contributed by atoms with Crippen molar-refractivity contribution in [3.8, 4) is 23.6 Å². The molecule has 0 spiro atoms. The third kappa shape index (κ3) is 4.90. The van der Waals surface area contributed by atoms with Crippen LogP contribution in [0.5, 0.6) is 0 Å². The maximum Gasteiger partial charge on any atom is 0.410 e. The van der Waals surface area contributed by atoms with Crippen LogP contribution in [-0.4, -0.2) is 63.0 Å². The summed E-state index contributed by atoms with van der Waals surface area (Å²) in [4.78, 5) is 31.2. The Morgan fingerprint density at radius 1 is 1.14 bits per heavy atom. The Kier molecular flexibility index (Phi) is 7.17. The molecule has 0 bridgehead atoms. The molecule has 1 atom stereocenters. The highest BCUT2D eigenvalue weighted by Gasteiger charge is 2.37. The van der Waals surface area contributed by atoms with Gasteiger partial charge in [0.1, 0.15) is 28.4 Å². The normalized spacial score (nSPS) is 16.7. The zero-order valence-electron chi connectivity index (χ0n) is 24.0. The van der Waals surface area contributed by atoms with Crippen molar-refractivity contribution in [2.24, 2.45) is 0 Å². The number of nitrogens with zero attached hydrogens (tertiary/aromatic N) is 5. The number of piperazine rings is 1. The lowest BCUT2D eigenvalue weighted by Gasteiger charge is -2.41. The molecule has 0 N–H and O–H groups in total. The smallest absolute Gasteiger partial charge is 0.410 e. The molecular formula is C32H31F2N5O2S. The molecule has 1 amide bonds. The Hall–Kier alpha value is -3.97. The average molecular weight is 588 g/mol. The number of carbonyl (C=O) groups excluding carboxylic acids is 1. The highest BCUT2D eigenvalue weighted by molar-refractivity contribution is 7.99. The van der Waals surface area contributed by atoms with E-state index in [4.69, 9.17) is 21.1 Å². The molecule has 2 aromatic carbocycles. The van der Waals surface area contributed by atoms with E-state index in [1.165, 1.54) is 17.8 Å². The number of terminal acetylenes is 1. The molecule has 0 radical (unpaired) electrons. The van der Waals surface area contributed by atoms with Gasteiger partial charge in [0.25, 0.3) is 0 Å². The fourth-order valence-corrected chi connectivity index (χ4v) is 6.40. The molecule has 0 saturated carbocycles. The maximum absolute atomic E-state index is 16.6. The zero-order valence-corrected chi connectivity index (χ0v) is 24.8. The van der Waals surface area contributed by atoms with E-state index in [2.05, 4.69) is 15.8 Å². The molecule has 1 saturated heterocycles. The van der Waals surface area contributed by atoms with Gasteiger partial charge in [0, 0.05) is 36.6 Å². The number of halogens is 2. The number of ether oxygens (including phenoxy) is 1. The van der Waals surface area contributed by atoms with Gasteiger partial charge >= 0.3 is 6.09 Å². The Balaban J connectivity index is 1.51. The second kappa shape index (κ2) is 10.7. The maximum atomic E-state index is 16.6. The van der Waals surface area contributed by atoms with Gasteiger partial charge in [0.2, 0.25) is 0 Å². The number of benzene rings is 2. The number of pyridine rings is 1. The second-order valence-electron chi connectivity index (χ2n) is 11.5. The topological polar surface area (TPSA) is 71.5 Å². The van der Waals surface area contributed by atoms with Crippen LogP contribution < -0.4 is 4.90 Å². The van der Waals surface area contributed by atoms with Crippen LogP contribution in [0.2, 0.25) is 0 Å². The molecule has 1 unspecified atom stereocenters. The average Bonchev–Trinajstić information content (AvgIpc) is 3.10. The van der Waals surface area contributed by atoms with E-state index in [0.717, 1.165) is 0 Å². The number of thioether (sulfide) groups is 1. The summed E-state index contributed by atoms with van der Waals surface area (Å²) in [6, 6.07) is 8.21. The van der Waals surface area contributed by atoms with Crippen LogP contribution in [-0.2, 0) is 11.2 Å². The fraction of sp³-hybridized carbons (Fsp3) is 0.375. The zero-order chi connectivity index (χ0) is 29.8. The Morgan fingerprint density at radius 2 is 1.95 bits per heavy atom. The van der Waals surface area contributed by atoms with E-state index < -0.39 is 17.2 Å². The molecule has 1 fully saturated rings. The van der Waals surface area contributed by atoms with Crippen LogP contribution in [0, 0.1) is 24.0 Å². The van der Waals surface area contributed by atoms with Gasteiger partial charge in [-0.25, -0.2) is 28.5 Å². The van der Waals surface area contributed by atoms with Gasteiger partial charge < -0.3 is 14.5 Å². The first-order chi connectivity index (χ1) is 20.1. The van der Waals surface area contributed by atoms with Crippen molar-refractivity contribution in [3.05, 3.63) is 53.2 Å². The molecule has 2 aromatic heterocycles. The van der Waals surface area contributed by atoms with E-state index in [0.29, 0.717) is 76.6 Å². The number of aromatic nitrogens is 3. The van der Waals surface area contributed by atoms with Gasteiger partial charge in [-0.05, 0) is 50.8 Å². The van der Waals surface area contributed by atoms with Crippen molar-refractivity contribution in [2.75, 3.05) is 30.3 Å². The summed E-state index contributed by atoms with van der Waals surface area (Å²) < 4.78 is 37.1. The van der Waals surface area contributed by atoms with Crippen LogP contribution in [0.25, 0.3) is 32.9 Å². The van der Waals surface area contributed by atoms with Gasteiger partial charge in [-0.2, -0.15) is 0 Å². The van der Waals surface area contributed by atoms with Crippen LogP contribution in [0.3, 0.4) is 0 Å². The lowest BCUT2D eigenvalue weighted by atomic mass is 9.95. The highest BCUT2D eigenvalue weighted by atomic mass is 32.2. The summed E-state index contributed by atoms with van der Waals surface area (Å²) in [7, 11) is 0.